The third-order valence-corrected chi connectivity index (χ3v) is 12.7. The highest BCUT2D eigenvalue weighted by Gasteiger charge is 2.64. The molecule has 0 spiro atoms. The molecule has 0 aromatic heterocycles. The van der Waals surface area contributed by atoms with E-state index in [0.29, 0.717) is 29.4 Å². The van der Waals surface area contributed by atoms with Gasteiger partial charge in [0.25, 0.3) is 0 Å². The van der Waals surface area contributed by atoms with Crippen LogP contribution in [0.25, 0.3) is 0 Å². The quantitative estimate of drug-likeness (QED) is 0.443. The number of benzene rings is 1. The molecule has 1 N–H and O–H groups in total. The second-order valence-corrected chi connectivity index (χ2v) is 13.5. The van der Waals surface area contributed by atoms with E-state index >= 15 is 0 Å². The first-order valence-electron chi connectivity index (χ1n) is 13.4. The van der Waals surface area contributed by atoms with Crippen molar-refractivity contribution in [2.45, 2.75) is 97.9 Å². The van der Waals surface area contributed by atoms with Crippen molar-refractivity contribution < 1.29 is 19.3 Å². The van der Waals surface area contributed by atoms with Crippen LogP contribution in [0.1, 0.15) is 109 Å². The van der Waals surface area contributed by atoms with Gasteiger partial charge in [-0.15, -0.1) is 0 Å². The summed E-state index contributed by atoms with van der Waals surface area (Å²) in [6.07, 6.45) is 7.29. The minimum absolute atomic E-state index is 0.165. The van der Waals surface area contributed by atoms with Crippen LogP contribution in [0, 0.1) is 33.5 Å². The van der Waals surface area contributed by atoms with Gasteiger partial charge < -0.3 is 19.3 Å². The molecule has 34 heavy (non-hydrogen) atoms. The Balaban J connectivity index is 1.70. The molecule has 1 aromatic rings. The van der Waals surface area contributed by atoms with Crippen LogP contribution in [0.15, 0.2) is 12.1 Å². The summed E-state index contributed by atoms with van der Waals surface area (Å²) in [7, 11) is 4.88. The smallest absolute Gasteiger partial charge is 0.311 e. The van der Waals surface area contributed by atoms with Gasteiger partial charge in [-0.25, -0.2) is 0 Å². The van der Waals surface area contributed by atoms with Crippen LogP contribution < -0.4 is 0 Å². The molecule has 190 valence electrons. The normalized spacial score (nSPS) is 39.8. The fourth-order valence-corrected chi connectivity index (χ4v) is 9.34. The molecule has 4 bridgehead atoms. The fraction of sp³-hybridized carbons (Fsp3) is 0.800. The van der Waals surface area contributed by atoms with E-state index in [-0.39, 0.29) is 21.7 Å². The van der Waals surface area contributed by atoms with Gasteiger partial charge in [0.05, 0.1) is 0 Å². The maximum absolute atomic E-state index is 12.0. The first-order valence-corrected chi connectivity index (χ1v) is 13.4. The Bertz CT molecular complexity index is 903. The molecule has 4 aliphatic rings. The van der Waals surface area contributed by atoms with Gasteiger partial charge in [0.15, 0.2) is 0 Å². The van der Waals surface area contributed by atoms with Gasteiger partial charge in [-0.1, -0.05) is 41.5 Å². The van der Waals surface area contributed by atoms with Gasteiger partial charge in [-0.05, 0) is 107 Å². The van der Waals surface area contributed by atoms with Crippen molar-refractivity contribution in [3.05, 3.63) is 28.8 Å². The molecule has 0 amide bonds. The standard InChI is InChI=1S/C30H46O4/c1-26(2)18-10-12-28(26,5)23(16-18)21-14-20(30(32-7,33-8)34-9)15-22(25(21)31)24-17-19-11-13-29(24,6)27(19,3)4/h14-15,18-19,23-24,31H,10-13,16-17H2,1-9H3/t18-,19+,23+,24-,28+,29-. The minimum Gasteiger partial charge on any atom is -0.507 e. The van der Waals surface area contributed by atoms with Crippen molar-refractivity contribution in [3.63, 3.8) is 0 Å². The van der Waals surface area contributed by atoms with Gasteiger partial charge in [0.2, 0.25) is 0 Å². The van der Waals surface area contributed by atoms with Crippen LogP contribution in [-0.4, -0.2) is 26.4 Å². The molecule has 6 atom stereocenters. The maximum Gasteiger partial charge on any atom is 0.311 e. The summed E-state index contributed by atoms with van der Waals surface area (Å²) >= 11 is 0. The van der Waals surface area contributed by atoms with E-state index in [2.05, 4.69) is 53.7 Å². The number of ether oxygens (including phenoxy) is 3. The van der Waals surface area contributed by atoms with E-state index in [9.17, 15) is 5.11 Å². The number of aromatic hydroxyl groups is 1. The van der Waals surface area contributed by atoms with Gasteiger partial charge in [0, 0.05) is 26.9 Å². The lowest BCUT2D eigenvalue weighted by atomic mass is 9.63. The van der Waals surface area contributed by atoms with Gasteiger partial charge in [0.1, 0.15) is 5.75 Å². The molecule has 4 heteroatoms. The lowest BCUT2D eigenvalue weighted by Crippen LogP contribution is -2.35. The molecule has 4 aliphatic carbocycles. The molecule has 0 unspecified atom stereocenters. The number of hydrogen-bond donors (Lipinski definition) is 1. The molecule has 4 saturated carbocycles. The molecule has 0 aliphatic heterocycles. The third-order valence-electron chi connectivity index (χ3n) is 12.7. The third kappa shape index (κ3) is 2.77. The molecule has 1 aromatic carbocycles. The minimum atomic E-state index is -1.28. The van der Waals surface area contributed by atoms with Crippen molar-refractivity contribution in [1.82, 2.24) is 0 Å². The molecule has 0 saturated heterocycles. The Morgan fingerprint density at radius 1 is 0.735 bits per heavy atom. The summed E-state index contributed by atoms with van der Waals surface area (Å²) in [4.78, 5) is 0. The monoisotopic (exact) mass is 470 g/mol. The summed E-state index contributed by atoms with van der Waals surface area (Å²) in [5.74, 6) is 1.28. The van der Waals surface area contributed by atoms with E-state index in [0.717, 1.165) is 29.5 Å². The lowest BCUT2D eigenvalue weighted by molar-refractivity contribution is -0.364. The Morgan fingerprint density at radius 2 is 1.12 bits per heavy atom. The van der Waals surface area contributed by atoms with Gasteiger partial charge in [-0.2, -0.15) is 0 Å². The first-order chi connectivity index (χ1) is 15.8. The Hall–Kier alpha value is -1.10. The second-order valence-electron chi connectivity index (χ2n) is 13.5. The molecule has 0 radical (unpaired) electrons. The highest BCUT2D eigenvalue weighted by molar-refractivity contribution is 5.51. The zero-order chi connectivity index (χ0) is 24.9. The SMILES string of the molecule is COC(OC)(OC)c1cc([C@H]2C[C@@H]3CC[C@@]2(C)C3(C)C)c(O)c([C@@H]2C[C@H]3CC[C@]2(C)C3(C)C)c1. The Morgan fingerprint density at radius 3 is 1.38 bits per heavy atom. The lowest BCUT2D eigenvalue weighted by Gasteiger charge is -2.42. The zero-order valence-electron chi connectivity index (χ0n) is 22.9. The van der Waals surface area contributed by atoms with E-state index in [4.69, 9.17) is 14.2 Å². The number of rotatable bonds is 6. The predicted molar refractivity (Wildman–Crippen MR) is 135 cm³/mol. The van der Waals surface area contributed by atoms with E-state index < -0.39 is 5.97 Å². The first kappa shape index (κ1) is 24.6. The topological polar surface area (TPSA) is 47.9 Å². The summed E-state index contributed by atoms with van der Waals surface area (Å²) in [6, 6.07) is 4.26. The van der Waals surface area contributed by atoms with E-state index in [1.54, 1.807) is 21.3 Å². The average molecular weight is 471 g/mol. The zero-order valence-corrected chi connectivity index (χ0v) is 22.9. The van der Waals surface area contributed by atoms with Crippen LogP contribution >= 0.6 is 0 Å². The maximum atomic E-state index is 12.0. The highest BCUT2D eigenvalue weighted by atomic mass is 16.9. The Labute approximate surface area is 206 Å². The number of methoxy groups -OCH3 is 3. The average Bonchev–Trinajstić information content (AvgIpc) is 3.33. The van der Waals surface area contributed by atoms with Crippen molar-refractivity contribution in [2.75, 3.05) is 21.3 Å². The van der Waals surface area contributed by atoms with Crippen molar-refractivity contribution in [2.24, 2.45) is 33.5 Å². The summed E-state index contributed by atoms with van der Waals surface area (Å²) < 4.78 is 17.5. The second kappa shape index (κ2) is 7.46. The molecular formula is C30H46O4. The van der Waals surface area contributed by atoms with Crippen LogP contribution in [-0.2, 0) is 20.2 Å². The number of hydrogen-bond acceptors (Lipinski definition) is 4. The molecule has 4 nitrogen and oxygen atoms in total. The molecule has 0 heterocycles. The number of phenolic OH excluding ortho intramolecular Hbond substituents is 1. The molecule has 5 rings (SSSR count). The van der Waals surface area contributed by atoms with Gasteiger partial charge in [-0.3, -0.25) is 0 Å². The highest BCUT2D eigenvalue weighted by Crippen LogP contribution is 2.74. The number of fused-ring (bicyclic) bond motifs is 4. The molecular weight excluding hydrogens is 424 g/mol. The van der Waals surface area contributed by atoms with Crippen LogP contribution in [0.2, 0.25) is 0 Å². The van der Waals surface area contributed by atoms with Crippen LogP contribution in [0.4, 0.5) is 0 Å². The Kier molecular flexibility index (Phi) is 5.39. The van der Waals surface area contributed by atoms with Crippen molar-refractivity contribution in [3.8, 4) is 5.75 Å². The number of phenols is 1. The van der Waals surface area contributed by atoms with Crippen LogP contribution in [0.5, 0.6) is 5.75 Å². The predicted octanol–water partition coefficient (Wildman–Crippen LogP) is 7.30. The van der Waals surface area contributed by atoms with Crippen LogP contribution in [0.3, 0.4) is 0 Å². The fourth-order valence-electron chi connectivity index (χ4n) is 9.34. The van der Waals surface area contributed by atoms with E-state index in [1.807, 2.05) is 0 Å². The van der Waals surface area contributed by atoms with Gasteiger partial charge >= 0.3 is 5.97 Å². The summed E-state index contributed by atoms with van der Waals surface area (Å²) in [5.41, 5.74) is 3.87. The summed E-state index contributed by atoms with van der Waals surface area (Å²) in [5, 5.41) is 12.0. The van der Waals surface area contributed by atoms with Crippen molar-refractivity contribution >= 4 is 0 Å². The molecule has 4 fully saturated rings. The van der Waals surface area contributed by atoms with E-state index in [1.165, 1.54) is 25.7 Å². The summed E-state index contributed by atoms with van der Waals surface area (Å²) in [6.45, 7) is 14.7. The van der Waals surface area contributed by atoms with Crippen molar-refractivity contribution in [1.29, 1.82) is 0 Å². The largest absolute Gasteiger partial charge is 0.507 e.